The Morgan fingerprint density at radius 3 is 1.34 bits per heavy atom. The molecule has 3 nitrogen and oxygen atoms in total. The number of hydrogen-bond donors (Lipinski definition) is 0. The Morgan fingerprint density at radius 2 is 0.951 bits per heavy atom. The van der Waals surface area contributed by atoms with Crippen LogP contribution >= 0.6 is 0 Å². The molecule has 3 aliphatic rings. The molecule has 0 aromatic heterocycles. The molecule has 0 atom stereocenters. The van der Waals surface area contributed by atoms with Crippen LogP contribution in [0, 0.1) is 11.6 Å². The number of benzene rings is 5. The lowest BCUT2D eigenvalue weighted by Gasteiger charge is -2.17. The van der Waals surface area contributed by atoms with Gasteiger partial charge in [0.25, 0.3) is 0 Å². The lowest BCUT2D eigenvalue weighted by atomic mass is 9.87. The van der Waals surface area contributed by atoms with Gasteiger partial charge in [-0.3, -0.25) is 0 Å². The van der Waals surface area contributed by atoms with Crippen LogP contribution in [0.15, 0.2) is 72.8 Å². The first kappa shape index (κ1) is 24.3. The van der Waals surface area contributed by atoms with Gasteiger partial charge in [-0.1, -0.05) is 24.3 Å². The molecule has 5 aromatic rings. The molecule has 41 heavy (non-hydrogen) atoms. The Kier molecular flexibility index (Phi) is 5.35. The summed E-state index contributed by atoms with van der Waals surface area (Å²) in [7, 11) is 3.37. The second kappa shape index (κ2) is 9.02. The van der Waals surface area contributed by atoms with Crippen molar-refractivity contribution in [3.05, 3.63) is 118 Å². The number of rotatable bonds is 4. The fourth-order valence-electron chi connectivity index (χ4n) is 6.99. The third-order valence-electron chi connectivity index (χ3n) is 8.87. The first-order chi connectivity index (χ1) is 20.0. The monoisotopic (exact) mass is 544 g/mol. The van der Waals surface area contributed by atoms with Gasteiger partial charge in [0.05, 0.1) is 27.4 Å². The standard InChI is InChI=1S/C36H26F2O3/c1-39-33-15-27-21(11-25(33)19-3-7-23(37)8-4-19)13-29-31-17-41-18-32(31)30-14-22-12-26(20-5-9-24(38)10-6-20)34(40-2)16-28(22)36(30)35(27)29/h3-12,15-16H,13-14,17-18H2,1-2H3. The highest BCUT2D eigenvalue weighted by atomic mass is 19.1. The van der Waals surface area contributed by atoms with Gasteiger partial charge in [-0.2, -0.15) is 0 Å². The Hall–Kier alpha value is -4.48. The van der Waals surface area contributed by atoms with E-state index in [4.69, 9.17) is 14.2 Å². The Bertz CT molecular complexity index is 1750. The minimum atomic E-state index is -0.260. The fraction of sp³-hybridized carbons (Fsp3) is 0.167. The van der Waals surface area contributed by atoms with E-state index in [1.54, 1.807) is 38.5 Å². The van der Waals surface area contributed by atoms with E-state index >= 15 is 0 Å². The Balaban J connectivity index is 1.35. The minimum Gasteiger partial charge on any atom is -0.496 e. The first-order valence-corrected chi connectivity index (χ1v) is 13.8. The van der Waals surface area contributed by atoms with Crippen LogP contribution in [0.1, 0.15) is 33.4 Å². The highest BCUT2D eigenvalue weighted by Crippen LogP contribution is 2.56. The molecule has 0 saturated heterocycles. The average molecular weight is 545 g/mol. The summed E-state index contributed by atoms with van der Waals surface area (Å²) in [4.78, 5) is 0. The molecule has 1 aliphatic heterocycles. The van der Waals surface area contributed by atoms with E-state index in [0.717, 1.165) is 46.6 Å². The largest absolute Gasteiger partial charge is 0.496 e. The number of halogens is 2. The van der Waals surface area contributed by atoms with E-state index in [-0.39, 0.29) is 11.6 Å². The lowest BCUT2D eigenvalue weighted by molar-refractivity contribution is 0.134. The van der Waals surface area contributed by atoms with Crippen molar-refractivity contribution in [1.82, 2.24) is 0 Å². The van der Waals surface area contributed by atoms with Crippen molar-refractivity contribution in [2.75, 3.05) is 14.2 Å². The quantitative estimate of drug-likeness (QED) is 0.222. The van der Waals surface area contributed by atoms with Crippen LogP contribution in [0.4, 0.5) is 8.78 Å². The van der Waals surface area contributed by atoms with Crippen LogP contribution in [0.3, 0.4) is 0 Å². The molecule has 0 saturated carbocycles. The number of ether oxygens (including phenoxy) is 3. The van der Waals surface area contributed by atoms with Crippen LogP contribution in [0.2, 0.25) is 0 Å². The summed E-state index contributed by atoms with van der Waals surface area (Å²) >= 11 is 0. The topological polar surface area (TPSA) is 27.7 Å². The first-order valence-electron chi connectivity index (χ1n) is 13.8. The second-order valence-electron chi connectivity index (χ2n) is 10.9. The van der Waals surface area contributed by atoms with Gasteiger partial charge in [0.2, 0.25) is 0 Å². The van der Waals surface area contributed by atoms with Crippen molar-refractivity contribution < 1.29 is 23.0 Å². The molecule has 0 unspecified atom stereocenters. The zero-order chi connectivity index (χ0) is 27.8. The fourth-order valence-corrected chi connectivity index (χ4v) is 6.99. The third-order valence-corrected chi connectivity index (χ3v) is 8.87. The summed E-state index contributed by atoms with van der Waals surface area (Å²) in [6, 6.07) is 21.8. The van der Waals surface area contributed by atoms with Gasteiger partial charge >= 0.3 is 0 Å². The molecule has 0 bridgehead atoms. The van der Waals surface area contributed by atoms with E-state index in [0.29, 0.717) is 13.2 Å². The molecule has 5 heteroatoms. The predicted molar refractivity (Wildman–Crippen MR) is 155 cm³/mol. The molecule has 0 spiro atoms. The van der Waals surface area contributed by atoms with E-state index < -0.39 is 0 Å². The summed E-state index contributed by atoms with van der Waals surface area (Å²) in [6.07, 6.45) is 1.62. The smallest absolute Gasteiger partial charge is 0.127 e. The van der Waals surface area contributed by atoms with Gasteiger partial charge in [-0.25, -0.2) is 8.78 Å². The third kappa shape index (κ3) is 3.58. The number of methoxy groups -OCH3 is 2. The van der Waals surface area contributed by atoms with Gasteiger partial charge in [0, 0.05) is 11.1 Å². The van der Waals surface area contributed by atoms with E-state index in [1.165, 1.54) is 79.9 Å². The summed E-state index contributed by atoms with van der Waals surface area (Å²) < 4.78 is 45.2. The lowest BCUT2D eigenvalue weighted by Crippen LogP contribution is -1.98. The van der Waals surface area contributed by atoms with Crippen LogP contribution in [0.25, 0.3) is 44.5 Å². The summed E-state index contributed by atoms with van der Waals surface area (Å²) in [5.74, 6) is 1.00. The molecule has 5 aromatic carbocycles. The van der Waals surface area contributed by atoms with Crippen LogP contribution in [-0.4, -0.2) is 14.2 Å². The zero-order valence-electron chi connectivity index (χ0n) is 22.7. The van der Waals surface area contributed by atoms with Crippen molar-refractivity contribution >= 4 is 0 Å². The molecule has 8 rings (SSSR count). The predicted octanol–water partition coefficient (Wildman–Crippen LogP) is 8.49. The molecule has 0 fully saturated rings. The van der Waals surface area contributed by atoms with Gasteiger partial charge in [-0.05, 0) is 128 Å². The SMILES string of the molecule is COc1cc2c(cc1-c1ccc(F)cc1)Cc1c3c(c4c(c1-2)-c1cc(OC)c(-c2ccc(F)cc2)cc1C4)COC3. The Morgan fingerprint density at radius 1 is 0.537 bits per heavy atom. The summed E-state index contributed by atoms with van der Waals surface area (Å²) in [6.45, 7) is 1.22. The van der Waals surface area contributed by atoms with E-state index in [1.807, 2.05) is 0 Å². The molecular formula is C36H26F2O3. The van der Waals surface area contributed by atoms with E-state index in [9.17, 15) is 8.78 Å². The molecular weight excluding hydrogens is 518 g/mol. The molecule has 0 radical (unpaired) electrons. The van der Waals surface area contributed by atoms with Gasteiger partial charge in [-0.15, -0.1) is 0 Å². The maximum Gasteiger partial charge on any atom is 0.127 e. The highest BCUT2D eigenvalue weighted by Gasteiger charge is 2.37. The van der Waals surface area contributed by atoms with Gasteiger partial charge in [0.15, 0.2) is 0 Å². The maximum absolute atomic E-state index is 13.7. The zero-order valence-corrected chi connectivity index (χ0v) is 22.7. The average Bonchev–Trinajstić information content (AvgIpc) is 3.71. The number of fused-ring (bicyclic) bond motifs is 10. The molecule has 202 valence electrons. The van der Waals surface area contributed by atoms with Crippen molar-refractivity contribution in [1.29, 1.82) is 0 Å². The molecule has 2 aliphatic carbocycles. The van der Waals surface area contributed by atoms with Crippen LogP contribution < -0.4 is 9.47 Å². The molecule has 1 heterocycles. The summed E-state index contributed by atoms with van der Waals surface area (Å²) in [5.41, 5.74) is 16.3. The van der Waals surface area contributed by atoms with Gasteiger partial charge in [0.1, 0.15) is 23.1 Å². The van der Waals surface area contributed by atoms with Crippen molar-refractivity contribution in [3.8, 4) is 56.0 Å². The van der Waals surface area contributed by atoms with Crippen molar-refractivity contribution in [3.63, 3.8) is 0 Å². The summed E-state index contributed by atoms with van der Waals surface area (Å²) in [5, 5.41) is 0. The minimum absolute atomic E-state index is 0.260. The van der Waals surface area contributed by atoms with Crippen molar-refractivity contribution in [2.45, 2.75) is 26.1 Å². The number of hydrogen-bond acceptors (Lipinski definition) is 3. The van der Waals surface area contributed by atoms with E-state index in [2.05, 4.69) is 24.3 Å². The molecule has 0 amide bonds. The molecule has 0 N–H and O–H groups in total. The second-order valence-corrected chi connectivity index (χ2v) is 10.9. The maximum atomic E-state index is 13.7. The highest BCUT2D eigenvalue weighted by molar-refractivity contribution is 5.99. The van der Waals surface area contributed by atoms with Crippen LogP contribution in [0.5, 0.6) is 11.5 Å². The van der Waals surface area contributed by atoms with Crippen LogP contribution in [-0.2, 0) is 30.8 Å². The normalized spacial score (nSPS) is 13.9. The van der Waals surface area contributed by atoms with Gasteiger partial charge < -0.3 is 14.2 Å². The Labute approximate surface area is 237 Å². The van der Waals surface area contributed by atoms with Crippen molar-refractivity contribution in [2.24, 2.45) is 0 Å².